The predicted molar refractivity (Wildman–Crippen MR) is 70.3 cm³/mol. The average Bonchev–Trinajstić information content (AvgIpc) is 2.82. The van der Waals surface area contributed by atoms with E-state index in [-0.39, 0.29) is 13.0 Å². The second-order valence-corrected chi connectivity index (χ2v) is 5.34. The Morgan fingerprint density at radius 1 is 1.38 bits per heavy atom. The molecule has 2 rings (SSSR count). The van der Waals surface area contributed by atoms with Gasteiger partial charge in [-0.1, -0.05) is 30.3 Å². The van der Waals surface area contributed by atoms with E-state index >= 15 is 0 Å². The van der Waals surface area contributed by atoms with Gasteiger partial charge in [-0.15, -0.1) is 0 Å². The molecule has 1 aliphatic heterocycles. The second kappa shape index (κ2) is 5.65. The van der Waals surface area contributed by atoms with Gasteiger partial charge in [0.05, 0.1) is 12.6 Å². The van der Waals surface area contributed by atoms with Crippen molar-refractivity contribution in [1.29, 1.82) is 0 Å². The van der Waals surface area contributed by atoms with Crippen LogP contribution >= 0.6 is 0 Å². The lowest BCUT2D eigenvalue weighted by atomic mass is 10.0. The van der Waals surface area contributed by atoms with Crippen LogP contribution in [-0.4, -0.2) is 46.8 Å². The summed E-state index contributed by atoms with van der Waals surface area (Å²) in [5.41, 5.74) is 3.79. The molecule has 1 aliphatic rings. The van der Waals surface area contributed by atoms with Gasteiger partial charge in [0.25, 0.3) is 0 Å². The number of likely N-dealkylation sites (tertiary alicyclic amines) is 1. The Hall–Kier alpha value is -1.60. The zero-order chi connectivity index (χ0) is 15.7. The molecule has 0 saturated carbocycles. The quantitative estimate of drug-likeness (QED) is 0.878. The van der Waals surface area contributed by atoms with Gasteiger partial charge in [-0.25, -0.2) is 0 Å². The molecule has 2 atom stereocenters. The first-order valence-electron chi connectivity index (χ1n) is 6.60. The summed E-state index contributed by atoms with van der Waals surface area (Å²) in [6.07, 6.45) is -5.01. The minimum atomic E-state index is -4.74. The van der Waals surface area contributed by atoms with E-state index in [0.717, 1.165) is 10.5 Å². The average molecular weight is 302 g/mol. The number of alkyl halides is 3. The maximum absolute atomic E-state index is 12.7. The molecule has 0 unspecified atom stereocenters. The number of halogens is 3. The van der Waals surface area contributed by atoms with Gasteiger partial charge in [0.1, 0.15) is 0 Å². The van der Waals surface area contributed by atoms with Crippen molar-refractivity contribution < 1.29 is 23.1 Å². The number of hydrogen-bond donors (Lipinski definition) is 2. The van der Waals surface area contributed by atoms with E-state index in [4.69, 9.17) is 5.73 Å². The molecule has 1 saturated heterocycles. The summed E-state index contributed by atoms with van der Waals surface area (Å²) >= 11 is 0. The van der Waals surface area contributed by atoms with Crippen LogP contribution in [-0.2, 0) is 11.2 Å². The molecule has 4 nitrogen and oxygen atoms in total. The lowest BCUT2D eigenvalue weighted by Crippen LogP contribution is -2.50. The SMILES string of the molecule is N[C@H](Cc1ccccc1)C(=O)N1CC[C@](O)(C(F)(F)F)C1. The van der Waals surface area contributed by atoms with Crippen molar-refractivity contribution in [3.05, 3.63) is 35.9 Å². The third-order valence-electron chi connectivity index (χ3n) is 3.70. The number of carbonyl (C=O) groups excluding carboxylic acids is 1. The monoisotopic (exact) mass is 302 g/mol. The number of amides is 1. The first-order chi connectivity index (χ1) is 9.73. The Morgan fingerprint density at radius 2 is 2.00 bits per heavy atom. The van der Waals surface area contributed by atoms with Crippen LogP contribution in [0.3, 0.4) is 0 Å². The van der Waals surface area contributed by atoms with E-state index in [1.807, 2.05) is 6.07 Å². The summed E-state index contributed by atoms with van der Waals surface area (Å²) in [6, 6.07) is 8.09. The molecule has 7 heteroatoms. The van der Waals surface area contributed by atoms with Crippen LogP contribution in [0.4, 0.5) is 13.2 Å². The van der Waals surface area contributed by atoms with Crippen LogP contribution < -0.4 is 5.73 Å². The Labute approximate surface area is 120 Å². The zero-order valence-electron chi connectivity index (χ0n) is 11.3. The Bertz CT molecular complexity index is 507. The second-order valence-electron chi connectivity index (χ2n) is 5.34. The maximum Gasteiger partial charge on any atom is 0.419 e. The van der Waals surface area contributed by atoms with E-state index < -0.39 is 36.7 Å². The normalized spacial score (nSPS) is 24.1. The van der Waals surface area contributed by atoms with Crippen molar-refractivity contribution in [3.8, 4) is 0 Å². The lowest BCUT2D eigenvalue weighted by Gasteiger charge is -2.26. The summed E-state index contributed by atoms with van der Waals surface area (Å²) in [5.74, 6) is -0.570. The Balaban J connectivity index is 1.98. The molecule has 0 radical (unpaired) electrons. The first kappa shape index (κ1) is 15.8. The van der Waals surface area contributed by atoms with Crippen LogP contribution in [0.15, 0.2) is 30.3 Å². The number of benzene rings is 1. The molecule has 1 amide bonds. The van der Waals surface area contributed by atoms with Gasteiger partial charge in [0.2, 0.25) is 5.91 Å². The van der Waals surface area contributed by atoms with Crippen molar-refractivity contribution in [3.63, 3.8) is 0 Å². The highest BCUT2D eigenvalue weighted by Gasteiger charge is 2.57. The third-order valence-corrected chi connectivity index (χ3v) is 3.70. The van der Waals surface area contributed by atoms with Gasteiger partial charge >= 0.3 is 6.18 Å². The topological polar surface area (TPSA) is 66.6 Å². The van der Waals surface area contributed by atoms with Crippen LogP contribution in [0.2, 0.25) is 0 Å². The molecule has 116 valence electrons. The van der Waals surface area contributed by atoms with Crippen LogP contribution in [0.25, 0.3) is 0 Å². The molecule has 21 heavy (non-hydrogen) atoms. The number of rotatable bonds is 3. The van der Waals surface area contributed by atoms with E-state index in [1.54, 1.807) is 24.3 Å². The number of carbonyl (C=O) groups is 1. The maximum atomic E-state index is 12.7. The minimum absolute atomic E-state index is 0.142. The smallest absolute Gasteiger partial charge is 0.379 e. The van der Waals surface area contributed by atoms with Crippen molar-refractivity contribution in [1.82, 2.24) is 4.90 Å². The molecule has 1 fully saturated rings. The van der Waals surface area contributed by atoms with Crippen LogP contribution in [0.1, 0.15) is 12.0 Å². The van der Waals surface area contributed by atoms with Crippen molar-refractivity contribution in [2.24, 2.45) is 5.73 Å². The summed E-state index contributed by atoms with van der Waals surface area (Å²) in [5, 5.41) is 9.56. The minimum Gasteiger partial charge on any atom is -0.379 e. The van der Waals surface area contributed by atoms with Gasteiger partial charge in [0.15, 0.2) is 5.60 Å². The molecule has 1 aromatic rings. The summed E-state index contributed by atoms with van der Waals surface area (Å²) < 4.78 is 38.1. The fourth-order valence-electron chi connectivity index (χ4n) is 2.40. The highest BCUT2D eigenvalue weighted by Crippen LogP contribution is 2.37. The molecule has 3 N–H and O–H groups in total. The highest BCUT2D eigenvalue weighted by molar-refractivity contribution is 5.82. The van der Waals surface area contributed by atoms with Crippen LogP contribution in [0, 0.1) is 0 Å². The molecular weight excluding hydrogens is 285 g/mol. The standard InChI is InChI=1S/C14H17F3N2O2/c15-14(16,17)13(21)6-7-19(9-13)12(20)11(18)8-10-4-2-1-3-5-10/h1-5,11,21H,6-9,18H2/t11-,13-/m1/s1. The summed E-state index contributed by atoms with van der Waals surface area (Å²) in [6.45, 7) is -0.894. The third kappa shape index (κ3) is 3.36. The summed E-state index contributed by atoms with van der Waals surface area (Å²) in [7, 11) is 0. The van der Waals surface area contributed by atoms with Gasteiger partial charge in [0, 0.05) is 13.0 Å². The fraction of sp³-hybridized carbons (Fsp3) is 0.500. The van der Waals surface area contributed by atoms with Gasteiger partial charge < -0.3 is 15.7 Å². The molecular formula is C14H17F3N2O2. The number of hydrogen-bond acceptors (Lipinski definition) is 3. The lowest BCUT2D eigenvalue weighted by molar-refractivity contribution is -0.253. The molecule has 0 spiro atoms. The molecule has 0 bridgehead atoms. The predicted octanol–water partition coefficient (Wildman–Crippen LogP) is 1.08. The van der Waals surface area contributed by atoms with E-state index in [2.05, 4.69) is 0 Å². The van der Waals surface area contributed by atoms with E-state index in [1.165, 1.54) is 0 Å². The van der Waals surface area contributed by atoms with Crippen molar-refractivity contribution in [2.45, 2.75) is 30.7 Å². The number of β-amino-alcohol motifs (C(OH)–C–C–N with tert-alkyl or cyclic N) is 1. The number of aliphatic hydroxyl groups is 1. The van der Waals surface area contributed by atoms with Crippen molar-refractivity contribution >= 4 is 5.91 Å². The van der Waals surface area contributed by atoms with E-state index in [9.17, 15) is 23.1 Å². The largest absolute Gasteiger partial charge is 0.419 e. The molecule has 0 aromatic heterocycles. The Kier molecular flexibility index (Phi) is 4.25. The highest BCUT2D eigenvalue weighted by atomic mass is 19.4. The van der Waals surface area contributed by atoms with Gasteiger partial charge in [-0.2, -0.15) is 13.2 Å². The fourth-order valence-corrected chi connectivity index (χ4v) is 2.40. The van der Waals surface area contributed by atoms with Gasteiger partial charge in [-0.3, -0.25) is 4.79 Å². The molecule has 1 aromatic carbocycles. The van der Waals surface area contributed by atoms with Gasteiger partial charge in [-0.05, 0) is 12.0 Å². The van der Waals surface area contributed by atoms with Crippen molar-refractivity contribution in [2.75, 3.05) is 13.1 Å². The Morgan fingerprint density at radius 3 is 2.52 bits per heavy atom. The molecule has 1 heterocycles. The molecule has 0 aliphatic carbocycles. The first-order valence-corrected chi connectivity index (χ1v) is 6.60. The summed E-state index contributed by atoms with van der Waals surface area (Å²) in [4.78, 5) is 13.1. The zero-order valence-corrected chi connectivity index (χ0v) is 11.3. The van der Waals surface area contributed by atoms with E-state index in [0.29, 0.717) is 0 Å². The number of nitrogens with zero attached hydrogens (tertiary/aromatic N) is 1. The van der Waals surface area contributed by atoms with Crippen LogP contribution in [0.5, 0.6) is 0 Å². The number of nitrogens with two attached hydrogens (primary N) is 1.